The fraction of sp³-hybridized carbons (Fsp3) is 0.571. The van der Waals surface area contributed by atoms with Crippen molar-refractivity contribution in [3.63, 3.8) is 0 Å². The topological polar surface area (TPSA) is 76.1 Å². The van der Waals surface area contributed by atoms with E-state index < -0.39 is 10.0 Å². The molecule has 0 bridgehead atoms. The first-order valence-electron chi connectivity index (χ1n) is 6.82. The van der Waals surface area contributed by atoms with Gasteiger partial charge in [-0.2, -0.15) is 4.31 Å². The summed E-state index contributed by atoms with van der Waals surface area (Å²) in [7, 11) is -2.23. The normalized spacial score (nSPS) is 24.0. The predicted molar refractivity (Wildman–Crippen MR) is 77.7 cm³/mol. The van der Waals surface area contributed by atoms with Crippen molar-refractivity contribution < 1.29 is 23.0 Å². The fourth-order valence-corrected chi connectivity index (χ4v) is 4.22. The number of aliphatic hydroxyl groups excluding tert-OH is 1. The van der Waals surface area contributed by atoms with E-state index in [1.165, 1.54) is 17.5 Å². The Balaban J connectivity index is 2.39. The van der Waals surface area contributed by atoms with E-state index in [2.05, 4.69) is 0 Å². The highest BCUT2D eigenvalue weighted by Gasteiger charge is 2.33. The van der Waals surface area contributed by atoms with Crippen LogP contribution in [0.15, 0.2) is 23.1 Å². The fourth-order valence-electron chi connectivity index (χ4n) is 2.49. The molecule has 1 aromatic rings. The van der Waals surface area contributed by atoms with Crippen molar-refractivity contribution in [2.75, 3.05) is 20.2 Å². The molecule has 1 saturated heterocycles. The number of aliphatic hydroxyl groups is 1. The molecule has 0 spiro atoms. The van der Waals surface area contributed by atoms with E-state index in [9.17, 15) is 8.42 Å². The number of nitrogens with zero attached hydrogens (tertiary/aromatic N) is 1. The molecule has 1 aromatic carbocycles. The molecular weight excluding hydrogens is 294 g/mol. The number of morpholine rings is 1. The minimum Gasteiger partial charge on any atom is -0.495 e. The smallest absolute Gasteiger partial charge is 0.246 e. The maximum atomic E-state index is 12.8. The van der Waals surface area contributed by atoms with Crippen molar-refractivity contribution in [2.45, 2.75) is 37.6 Å². The molecule has 0 amide bonds. The van der Waals surface area contributed by atoms with E-state index in [1.807, 2.05) is 13.8 Å². The molecule has 6 nitrogen and oxygen atoms in total. The summed E-state index contributed by atoms with van der Waals surface area (Å²) in [4.78, 5) is 0.114. The summed E-state index contributed by atoms with van der Waals surface area (Å²) in [5.41, 5.74) is 0.606. The Labute approximate surface area is 125 Å². The standard InChI is InChI=1S/C14H21NO5S/c1-10-7-15(8-11(2)20-10)21(17,18)14-5-4-12(9-16)6-13(14)19-3/h4-6,10-11,16H,7-9H2,1-3H3/t10-,11+. The molecule has 0 radical (unpaired) electrons. The van der Waals surface area contributed by atoms with Crippen molar-refractivity contribution in [2.24, 2.45) is 0 Å². The highest BCUT2D eigenvalue weighted by atomic mass is 32.2. The Bertz CT molecular complexity index is 591. The number of sulfonamides is 1. The van der Waals surface area contributed by atoms with Crippen molar-refractivity contribution >= 4 is 10.0 Å². The number of hydrogen-bond acceptors (Lipinski definition) is 5. The van der Waals surface area contributed by atoms with E-state index in [4.69, 9.17) is 14.6 Å². The lowest BCUT2D eigenvalue weighted by atomic mass is 10.2. The van der Waals surface area contributed by atoms with Gasteiger partial charge in [0.15, 0.2) is 0 Å². The molecular formula is C14H21NO5S. The van der Waals surface area contributed by atoms with Crippen LogP contribution in [0.1, 0.15) is 19.4 Å². The first-order valence-corrected chi connectivity index (χ1v) is 8.26. The van der Waals surface area contributed by atoms with Gasteiger partial charge in [0.25, 0.3) is 0 Å². The lowest BCUT2D eigenvalue weighted by Crippen LogP contribution is -2.48. The average molecular weight is 315 g/mol. The Morgan fingerprint density at radius 1 is 1.33 bits per heavy atom. The van der Waals surface area contributed by atoms with Crippen LogP contribution in [-0.2, 0) is 21.4 Å². The number of rotatable bonds is 4. The maximum absolute atomic E-state index is 12.8. The van der Waals surface area contributed by atoms with Crippen molar-refractivity contribution in [1.29, 1.82) is 0 Å². The Kier molecular flexibility index (Phi) is 4.88. The van der Waals surface area contributed by atoms with Crippen LogP contribution in [0.2, 0.25) is 0 Å². The third-order valence-electron chi connectivity index (χ3n) is 3.41. The summed E-state index contributed by atoms with van der Waals surface area (Å²) >= 11 is 0. The zero-order valence-corrected chi connectivity index (χ0v) is 13.3. The van der Waals surface area contributed by atoms with Crippen LogP contribution in [0.25, 0.3) is 0 Å². The molecule has 0 aromatic heterocycles. The van der Waals surface area contributed by atoms with Crippen LogP contribution >= 0.6 is 0 Å². The van der Waals surface area contributed by atoms with Gasteiger partial charge in [-0.3, -0.25) is 0 Å². The monoisotopic (exact) mass is 315 g/mol. The van der Waals surface area contributed by atoms with Crippen LogP contribution in [0.5, 0.6) is 5.75 Å². The van der Waals surface area contributed by atoms with Gasteiger partial charge in [-0.05, 0) is 31.5 Å². The molecule has 0 saturated carbocycles. The van der Waals surface area contributed by atoms with Gasteiger partial charge < -0.3 is 14.6 Å². The summed E-state index contributed by atoms with van der Waals surface area (Å²) in [6, 6.07) is 4.60. The molecule has 1 aliphatic rings. The molecule has 7 heteroatoms. The minimum atomic E-state index is -3.65. The van der Waals surface area contributed by atoms with E-state index in [0.29, 0.717) is 18.7 Å². The lowest BCUT2D eigenvalue weighted by Gasteiger charge is -2.34. The molecule has 118 valence electrons. The number of ether oxygens (including phenoxy) is 2. The Morgan fingerprint density at radius 3 is 2.48 bits per heavy atom. The summed E-state index contributed by atoms with van der Waals surface area (Å²) < 4.78 is 37.7. The summed E-state index contributed by atoms with van der Waals surface area (Å²) in [5, 5.41) is 9.14. The highest BCUT2D eigenvalue weighted by Crippen LogP contribution is 2.29. The van der Waals surface area contributed by atoms with Gasteiger partial charge >= 0.3 is 0 Å². The Morgan fingerprint density at radius 2 is 1.95 bits per heavy atom. The van der Waals surface area contributed by atoms with Crippen LogP contribution in [0, 0.1) is 0 Å². The largest absolute Gasteiger partial charge is 0.495 e. The third kappa shape index (κ3) is 3.37. The second-order valence-electron chi connectivity index (χ2n) is 5.22. The molecule has 21 heavy (non-hydrogen) atoms. The van der Waals surface area contributed by atoms with Crippen molar-refractivity contribution in [1.82, 2.24) is 4.31 Å². The maximum Gasteiger partial charge on any atom is 0.246 e. The van der Waals surface area contributed by atoms with Gasteiger partial charge in [-0.15, -0.1) is 0 Å². The molecule has 0 unspecified atom stereocenters. The van der Waals surface area contributed by atoms with Gasteiger partial charge in [-0.25, -0.2) is 8.42 Å². The van der Waals surface area contributed by atoms with Gasteiger partial charge in [0, 0.05) is 13.1 Å². The molecule has 0 aliphatic carbocycles. The van der Waals surface area contributed by atoms with Crippen LogP contribution in [-0.4, -0.2) is 50.2 Å². The van der Waals surface area contributed by atoms with Crippen LogP contribution < -0.4 is 4.74 Å². The molecule has 1 fully saturated rings. The van der Waals surface area contributed by atoms with Gasteiger partial charge in [0.05, 0.1) is 25.9 Å². The first kappa shape index (κ1) is 16.2. The molecule has 1 aliphatic heterocycles. The second kappa shape index (κ2) is 6.31. The van der Waals surface area contributed by atoms with Gasteiger partial charge in [0.2, 0.25) is 10.0 Å². The van der Waals surface area contributed by atoms with Gasteiger partial charge in [-0.1, -0.05) is 6.07 Å². The highest BCUT2D eigenvalue weighted by molar-refractivity contribution is 7.89. The first-order chi connectivity index (χ1) is 9.88. The summed E-state index contributed by atoms with van der Waals surface area (Å²) in [6.45, 7) is 4.17. The van der Waals surface area contributed by atoms with Crippen molar-refractivity contribution in [3.05, 3.63) is 23.8 Å². The zero-order chi connectivity index (χ0) is 15.6. The van der Waals surface area contributed by atoms with E-state index >= 15 is 0 Å². The molecule has 2 rings (SSSR count). The molecule has 1 N–H and O–H groups in total. The third-order valence-corrected chi connectivity index (χ3v) is 5.29. The second-order valence-corrected chi connectivity index (χ2v) is 7.13. The Hall–Kier alpha value is -1.15. The SMILES string of the molecule is COc1cc(CO)ccc1S(=O)(=O)N1C[C@@H](C)O[C@@H](C)C1. The van der Waals surface area contributed by atoms with E-state index in [1.54, 1.807) is 12.1 Å². The van der Waals surface area contributed by atoms with Crippen LogP contribution in [0.4, 0.5) is 0 Å². The molecule has 1 heterocycles. The lowest BCUT2D eigenvalue weighted by molar-refractivity contribution is -0.0441. The number of methoxy groups -OCH3 is 1. The van der Waals surface area contributed by atoms with Gasteiger partial charge in [0.1, 0.15) is 10.6 Å². The average Bonchev–Trinajstić information content (AvgIpc) is 2.45. The van der Waals surface area contributed by atoms with Crippen molar-refractivity contribution in [3.8, 4) is 5.75 Å². The van der Waals surface area contributed by atoms with Crippen LogP contribution in [0.3, 0.4) is 0 Å². The summed E-state index contributed by atoms with van der Waals surface area (Å²) in [5.74, 6) is 0.244. The summed E-state index contributed by atoms with van der Waals surface area (Å²) in [6.07, 6.45) is -0.294. The predicted octanol–water partition coefficient (Wildman–Crippen LogP) is 0.985. The minimum absolute atomic E-state index is 0.114. The quantitative estimate of drug-likeness (QED) is 0.896. The molecule has 2 atom stereocenters. The zero-order valence-electron chi connectivity index (χ0n) is 12.4. The number of hydrogen-bond donors (Lipinski definition) is 1. The van der Waals surface area contributed by atoms with E-state index in [0.717, 1.165) is 0 Å². The number of benzene rings is 1. The van der Waals surface area contributed by atoms with E-state index in [-0.39, 0.29) is 29.5 Å².